The number of hydrogen-bond acceptors (Lipinski definition) is 3. The van der Waals surface area contributed by atoms with E-state index in [2.05, 4.69) is 37.5 Å². The van der Waals surface area contributed by atoms with Gasteiger partial charge in [0.05, 0.1) is 3.57 Å². The summed E-state index contributed by atoms with van der Waals surface area (Å²) in [7, 11) is 0. The van der Waals surface area contributed by atoms with Gasteiger partial charge in [0.25, 0.3) is 0 Å². The minimum Gasteiger partial charge on any atom is -0.356 e. The summed E-state index contributed by atoms with van der Waals surface area (Å²) >= 11 is 8.04. The lowest BCUT2D eigenvalue weighted by molar-refractivity contribution is 0.572. The zero-order chi connectivity index (χ0) is 9.97. The standard InChI is InChI=1S/C9H11ClIN3/c10-9-12-6-7(11)8(13-9)14-4-2-1-3-5-14/h6H,1-5H2. The van der Waals surface area contributed by atoms with Gasteiger partial charge in [-0.05, 0) is 53.5 Å². The fraction of sp³-hybridized carbons (Fsp3) is 0.556. The Labute approximate surface area is 102 Å². The van der Waals surface area contributed by atoms with E-state index < -0.39 is 0 Å². The lowest BCUT2D eigenvalue weighted by Crippen LogP contribution is -2.31. The normalized spacial score (nSPS) is 17.1. The molecular weight excluding hydrogens is 312 g/mol. The molecule has 0 atom stereocenters. The minimum atomic E-state index is 0.339. The maximum absolute atomic E-state index is 5.78. The topological polar surface area (TPSA) is 29.0 Å². The maximum Gasteiger partial charge on any atom is 0.224 e. The van der Waals surface area contributed by atoms with Crippen molar-refractivity contribution in [3.63, 3.8) is 0 Å². The van der Waals surface area contributed by atoms with Crippen LogP contribution in [-0.4, -0.2) is 23.1 Å². The lowest BCUT2D eigenvalue weighted by Gasteiger charge is -2.28. The zero-order valence-electron chi connectivity index (χ0n) is 7.71. The van der Waals surface area contributed by atoms with Gasteiger partial charge < -0.3 is 4.90 Å². The molecule has 0 radical (unpaired) electrons. The second-order valence-corrected chi connectivity index (χ2v) is 4.86. The van der Waals surface area contributed by atoms with Crippen LogP contribution in [-0.2, 0) is 0 Å². The van der Waals surface area contributed by atoms with Crippen LogP contribution >= 0.6 is 34.2 Å². The Kier molecular flexibility index (Phi) is 3.43. The van der Waals surface area contributed by atoms with Crippen molar-refractivity contribution < 1.29 is 0 Å². The van der Waals surface area contributed by atoms with E-state index in [-0.39, 0.29) is 0 Å². The van der Waals surface area contributed by atoms with Crippen LogP contribution in [0.4, 0.5) is 5.82 Å². The largest absolute Gasteiger partial charge is 0.356 e. The van der Waals surface area contributed by atoms with E-state index in [0.29, 0.717) is 5.28 Å². The molecule has 76 valence electrons. The molecule has 14 heavy (non-hydrogen) atoms. The highest BCUT2D eigenvalue weighted by Gasteiger charge is 2.15. The number of rotatable bonds is 1. The molecule has 0 amide bonds. The number of piperidine rings is 1. The molecule has 0 saturated carbocycles. The fourth-order valence-electron chi connectivity index (χ4n) is 1.66. The summed E-state index contributed by atoms with van der Waals surface area (Å²) in [6.07, 6.45) is 5.60. The Balaban J connectivity index is 2.24. The van der Waals surface area contributed by atoms with E-state index in [1.54, 1.807) is 6.20 Å². The second-order valence-electron chi connectivity index (χ2n) is 3.36. The predicted octanol–water partition coefficient (Wildman–Crippen LogP) is 2.72. The molecule has 0 unspecified atom stereocenters. The molecule has 1 aromatic heterocycles. The van der Waals surface area contributed by atoms with Crippen molar-refractivity contribution >= 4 is 40.0 Å². The number of anilines is 1. The van der Waals surface area contributed by atoms with Crippen molar-refractivity contribution in [1.82, 2.24) is 9.97 Å². The van der Waals surface area contributed by atoms with Crippen LogP contribution in [0.2, 0.25) is 5.28 Å². The molecule has 5 heteroatoms. The van der Waals surface area contributed by atoms with Crippen molar-refractivity contribution in [1.29, 1.82) is 0 Å². The summed E-state index contributed by atoms with van der Waals surface area (Å²) in [6, 6.07) is 0. The highest BCUT2D eigenvalue weighted by molar-refractivity contribution is 14.1. The van der Waals surface area contributed by atoms with Gasteiger partial charge in [-0.2, -0.15) is 4.98 Å². The van der Waals surface area contributed by atoms with Crippen LogP contribution in [0.1, 0.15) is 19.3 Å². The van der Waals surface area contributed by atoms with E-state index in [0.717, 1.165) is 22.5 Å². The first kappa shape index (κ1) is 10.4. The quantitative estimate of drug-likeness (QED) is 0.588. The first-order chi connectivity index (χ1) is 6.77. The van der Waals surface area contributed by atoms with Crippen molar-refractivity contribution in [3.8, 4) is 0 Å². The number of hydrogen-bond donors (Lipinski definition) is 0. The van der Waals surface area contributed by atoms with Gasteiger partial charge in [0, 0.05) is 19.3 Å². The van der Waals surface area contributed by atoms with Crippen LogP contribution in [0.3, 0.4) is 0 Å². The van der Waals surface area contributed by atoms with Crippen molar-refractivity contribution in [2.24, 2.45) is 0 Å². The average Bonchev–Trinajstić information content (AvgIpc) is 2.23. The number of halogens is 2. The third-order valence-electron chi connectivity index (χ3n) is 2.35. The summed E-state index contributed by atoms with van der Waals surface area (Å²) in [5, 5.41) is 0.339. The van der Waals surface area contributed by atoms with Crippen molar-refractivity contribution in [2.75, 3.05) is 18.0 Å². The molecule has 2 heterocycles. The molecule has 1 aliphatic rings. The van der Waals surface area contributed by atoms with Crippen LogP contribution in [0.15, 0.2) is 6.20 Å². The molecule has 1 fully saturated rings. The van der Waals surface area contributed by atoms with Gasteiger partial charge in [-0.25, -0.2) is 4.98 Å². The molecular formula is C9H11ClIN3. The average molecular weight is 324 g/mol. The third kappa shape index (κ3) is 2.28. The van der Waals surface area contributed by atoms with Gasteiger partial charge >= 0.3 is 0 Å². The summed E-state index contributed by atoms with van der Waals surface area (Å²) in [5.74, 6) is 0.991. The smallest absolute Gasteiger partial charge is 0.224 e. The van der Waals surface area contributed by atoms with Gasteiger partial charge in [0.15, 0.2) is 0 Å². The Morgan fingerprint density at radius 2 is 2.00 bits per heavy atom. The Morgan fingerprint density at radius 1 is 1.29 bits per heavy atom. The van der Waals surface area contributed by atoms with Gasteiger partial charge in [-0.3, -0.25) is 0 Å². The lowest BCUT2D eigenvalue weighted by atomic mass is 10.1. The first-order valence-electron chi connectivity index (χ1n) is 4.70. The van der Waals surface area contributed by atoms with Crippen LogP contribution in [0.5, 0.6) is 0 Å². The van der Waals surface area contributed by atoms with Crippen molar-refractivity contribution in [3.05, 3.63) is 15.1 Å². The summed E-state index contributed by atoms with van der Waals surface area (Å²) in [5.41, 5.74) is 0. The highest BCUT2D eigenvalue weighted by atomic mass is 127. The van der Waals surface area contributed by atoms with Gasteiger partial charge in [-0.1, -0.05) is 0 Å². The molecule has 3 nitrogen and oxygen atoms in total. The first-order valence-corrected chi connectivity index (χ1v) is 6.16. The Hall–Kier alpha value is -0.100. The van der Waals surface area contributed by atoms with E-state index >= 15 is 0 Å². The molecule has 1 aromatic rings. The minimum absolute atomic E-state index is 0.339. The summed E-state index contributed by atoms with van der Waals surface area (Å²) < 4.78 is 1.08. The molecule has 0 aliphatic carbocycles. The molecule has 1 aliphatic heterocycles. The number of nitrogens with zero attached hydrogens (tertiary/aromatic N) is 3. The van der Waals surface area contributed by atoms with E-state index in [9.17, 15) is 0 Å². The fourth-order valence-corrected chi connectivity index (χ4v) is 2.39. The zero-order valence-corrected chi connectivity index (χ0v) is 10.6. The molecule has 2 rings (SSSR count). The van der Waals surface area contributed by atoms with Crippen molar-refractivity contribution in [2.45, 2.75) is 19.3 Å². The molecule has 1 saturated heterocycles. The SMILES string of the molecule is Clc1ncc(I)c(N2CCCCC2)n1. The molecule has 0 N–H and O–H groups in total. The van der Waals surface area contributed by atoms with Crippen LogP contribution < -0.4 is 4.90 Å². The number of aromatic nitrogens is 2. The Morgan fingerprint density at radius 3 is 2.71 bits per heavy atom. The van der Waals surface area contributed by atoms with Crippen LogP contribution in [0.25, 0.3) is 0 Å². The monoisotopic (exact) mass is 323 g/mol. The summed E-state index contributed by atoms with van der Waals surface area (Å²) in [6.45, 7) is 2.17. The van der Waals surface area contributed by atoms with Crippen LogP contribution in [0, 0.1) is 3.57 Å². The van der Waals surface area contributed by atoms with Gasteiger partial charge in [0.1, 0.15) is 5.82 Å². The van der Waals surface area contributed by atoms with E-state index in [1.807, 2.05) is 0 Å². The molecule has 0 spiro atoms. The second kappa shape index (κ2) is 4.61. The molecule has 0 bridgehead atoms. The third-order valence-corrected chi connectivity index (χ3v) is 3.29. The van der Waals surface area contributed by atoms with Gasteiger partial charge in [0.2, 0.25) is 5.28 Å². The Bertz CT molecular complexity index is 326. The predicted molar refractivity (Wildman–Crippen MR) is 65.8 cm³/mol. The van der Waals surface area contributed by atoms with E-state index in [1.165, 1.54) is 19.3 Å². The van der Waals surface area contributed by atoms with Gasteiger partial charge in [-0.15, -0.1) is 0 Å². The highest BCUT2D eigenvalue weighted by Crippen LogP contribution is 2.23. The van der Waals surface area contributed by atoms with E-state index in [4.69, 9.17) is 11.6 Å². The molecule has 0 aromatic carbocycles. The maximum atomic E-state index is 5.78. The summed E-state index contributed by atoms with van der Waals surface area (Å²) in [4.78, 5) is 10.5.